The second-order valence-electron chi connectivity index (χ2n) is 1.96. The van der Waals surface area contributed by atoms with Crippen molar-refractivity contribution in [3.8, 4) is 0 Å². The lowest BCUT2D eigenvalue weighted by atomic mass is 10.4. The van der Waals surface area contributed by atoms with Gasteiger partial charge in [-0.05, 0) is 30.7 Å². The SMILES string of the molecule is CCNC(=O)c1ccc(Cl)o1. The Hall–Kier alpha value is -0.960. The summed E-state index contributed by atoms with van der Waals surface area (Å²) in [4.78, 5) is 11.0. The summed E-state index contributed by atoms with van der Waals surface area (Å²) in [5, 5.41) is 2.81. The molecule has 0 bridgehead atoms. The average Bonchev–Trinajstić information content (AvgIpc) is 2.36. The number of nitrogens with one attached hydrogen (secondary N) is 1. The van der Waals surface area contributed by atoms with Gasteiger partial charge in [0.1, 0.15) is 0 Å². The number of rotatable bonds is 2. The van der Waals surface area contributed by atoms with Gasteiger partial charge in [0.15, 0.2) is 11.0 Å². The molecule has 1 rings (SSSR count). The molecule has 0 aliphatic heterocycles. The summed E-state index contributed by atoms with van der Waals surface area (Å²) in [7, 11) is 0. The van der Waals surface area contributed by atoms with Gasteiger partial charge in [0.2, 0.25) is 0 Å². The molecule has 4 heteroatoms. The largest absolute Gasteiger partial charge is 0.440 e. The first-order chi connectivity index (χ1) is 5.24. The minimum absolute atomic E-state index is 0.228. The van der Waals surface area contributed by atoms with Gasteiger partial charge in [-0.1, -0.05) is 0 Å². The quantitative estimate of drug-likeness (QED) is 0.740. The lowest BCUT2D eigenvalue weighted by molar-refractivity contribution is 0.0928. The molecule has 0 saturated carbocycles. The third kappa shape index (κ3) is 1.98. The van der Waals surface area contributed by atoms with Crippen LogP contribution in [0.15, 0.2) is 16.5 Å². The molecule has 1 heterocycles. The first kappa shape index (κ1) is 8.14. The van der Waals surface area contributed by atoms with Crippen molar-refractivity contribution in [1.82, 2.24) is 5.32 Å². The van der Waals surface area contributed by atoms with Crippen LogP contribution in [0.5, 0.6) is 0 Å². The normalized spacial score (nSPS) is 9.64. The van der Waals surface area contributed by atoms with Crippen molar-refractivity contribution < 1.29 is 9.21 Å². The lowest BCUT2D eigenvalue weighted by Gasteiger charge is -1.95. The number of carbonyl (C=O) groups is 1. The zero-order valence-corrected chi connectivity index (χ0v) is 6.81. The second kappa shape index (κ2) is 3.44. The number of halogens is 1. The molecule has 0 aliphatic carbocycles. The highest BCUT2D eigenvalue weighted by Crippen LogP contribution is 2.12. The zero-order chi connectivity index (χ0) is 8.27. The summed E-state index contributed by atoms with van der Waals surface area (Å²) >= 11 is 5.46. The summed E-state index contributed by atoms with van der Waals surface area (Å²) in [6, 6.07) is 3.07. The fourth-order valence-electron chi connectivity index (χ4n) is 0.684. The van der Waals surface area contributed by atoms with E-state index >= 15 is 0 Å². The van der Waals surface area contributed by atoms with Crippen LogP contribution in [0.1, 0.15) is 17.5 Å². The highest BCUT2D eigenvalue weighted by Gasteiger charge is 2.07. The Bertz CT molecular complexity index is 257. The van der Waals surface area contributed by atoms with E-state index in [1.54, 1.807) is 0 Å². The van der Waals surface area contributed by atoms with Crippen LogP contribution in [-0.4, -0.2) is 12.5 Å². The van der Waals surface area contributed by atoms with E-state index in [4.69, 9.17) is 16.0 Å². The first-order valence-corrected chi connectivity index (χ1v) is 3.65. The summed E-state index contributed by atoms with van der Waals surface area (Å²) < 4.78 is 4.85. The molecule has 60 valence electrons. The van der Waals surface area contributed by atoms with E-state index in [-0.39, 0.29) is 16.9 Å². The molecule has 0 aromatic carbocycles. The van der Waals surface area contributed by atoms with Crippen molar-refractivity contribution in [1.29, 1.82) is 0 Å². The Morgan fingerprint density at radius 3 is 2.91 bits per heavy atom. The zero-order valence-electron chi connectivity index (χ0n) is 6.06. The van der Waals surface area contributed by atoms with Gasteiger partial charge in [-0.3, -0.25) is 4.79 Å². The maximum absolute atomic E-state index is 11.0. The lowest BCUT2D eigenvalue weighted by Crippen LogP contribution is -2.21. The number of hydrogen-bond donors (Lipinski definition) is 1. The van der Waals surface area contributed by atoms with E-state index in [0.29, 0.717) is 6.54 Å². The summed E-state index contributed by atoms with van der Waals surface area (Å²) in [5.74, 6) is 0.0104. The molecule has 3 nitrogen and oxygen atoms in total. The summed E-state index contributed by atoms with van der Waals surface area (Å²) in [6.45, 7) is 2.42. The van der Waals surface area contributed by atoms with Crippen molar-refractivity contribution >= 4 is 17.5 Å². The molecule has 0 aliphatic rings. The fraction of sp³-hybridized carbons (Fsp3) is 0.286. The van der Waals surface area contributed by atoms with Crippen LogP contribution >= 0.6 is 11.6 Å². The van der Waals surface area contributed by atoms with E-state index in [0.717, 1.165) is 0 Å². The van der Waals surface area contributed by atoms with Crippen LogP contribution in [0.25, 0.3) is 0 Å². The van der Waals surface area contributed by atoms with Gasteiger partial charge in [-0.2, -0.15) is 0 Å². The topological polar surface area (TPSA) is 42.2 Å². The van der Waals surface area contributed by atoms with E-state index in [9.17, 15) is 4.79 Å². The molecule has 0 fully saturated rings. The fourth-order valence-corrected chi connectivity index (χ4v) is 0.830. The maximum atomic E-state index is 11.0. The molecule has 0 spiro atoms. The molecule has 1 amide bonds. The average molecular weight is 174 g/mol. The van der Waals surface area contributed by atoms with Crippen LogP contribution in [0.4, 0.5) is 0 Å². The van der Waals surface area contributed by atoms with Crippen LogP contribution in [0.2, 0.25) is 5.22 Å². The minimum atomic E-state index is -0.237. The third-order valence-electron chi connectivity index (χ3n) is 1.13. The highest BCUT2D eigenvalue weighted by atomic mass is 35.5. The van der Waals surface area contributed by atoms with Crippen LogP contribution in [-0.2, 0) is 0 Å². The smallest absolute Gasteiger partial charge is 0.287 e. The van der Waals surface area contributed by atoms with E-state index < -0.39 is 0 Å². The highest BCUT2D eigenvalue weighted by molar-refractivity contribution is 6.29. The van der Waals surface area contributed by atoms with Gasteiger partial charge in [-0.25, -0.2) is 0 Å². The third-order valence-corrected chi connectivity index (χ3v) is 1.34. The number of carbonyl (C=O) groups excluding carboxylic acids is 1. The molecule has 1 aromatic heterocycles. The van der Waals surface area contributed by atoms with E-state index in [1.165, 1.54) is 12.1 Å². The Labute approximate surface area is 69.3 Å². The first-order valence-electron chi connectivity index (χ1n) is 3.27. The molecular weight excluding hydrogens is 166 g/mol. The monoisotopic (exact) mass is 173 g/mol. The predicted octanol–water partition coefficient (Wildman–Crippen LogP) is 1.68. The van der Waals surface area contributed by atoms with E-state index in [2.05, 4.69) is 5.32 Å². The Morgan fingerprint density at radius 1 is 1.73 bits per heavy atom. The van der Waals surface area contributed by atoms with Gasteiger partial charge in [0, 0.05) is 6.54 Å². The van der Waals surface area contributed by atoms with Crippen molar-refractivity contribution in [2.75, 3.05) is 6.54 Å². The number of amides is 1. The van der Waals surface area contributed by atoms with Gasteiger partial charge in [0.05, 0.1) is 0 Å². The Kier molecular flexibility index (Phi) is 2.54. The molecule has 0 unspecified atom stereocenters. The van der Waals surface area contributed by atoms with Crippen LogP contribution < -0.4 is 5.32 Å². The molecule has 1 aromatic rings. The number of hydrogen-bond acceptors (Lipinski definition) is 2. The van der Waals surface area contributed by atoms with Gasteiger partial charge in [-0.15, -0.1) is 0 Å². The van der Waals surface area contributed by atoms with Crippen LogP contribution in [0.3, 0.4) is 0 Å². The summed E-state index contributed by atoms with van der Waals surface area (Å²) in [5.41, 5.74) is 0. The molecule has 11 heavy (non-hydrogen) atoms. The molecule has 1 N–H and O–H groups in total. The molecule has 0 radical (unpaired) electrons. The van der Waals surface area contributed by atoms with E-state index in [1.807, 2.05) is 6.92 Å². The molecule has 0 saturated heterocycles. The molecular formula is C7H8ClNO2. The minimum Gasteiger partial charge on any atom is -0.440 e. The molecule has 0 atom stereocenters. The van der Waals surface area contributed by atoms with Crippen LogP contribution in [0, 0.1) is 0 Å². The van der Waals surface area contributed by atoms with Crippen molar-refractivity contribution in [2.45, 2.75) is 6.92 Å². The van der Waals surface area contributed by atoms with Gasteiger partial charge >= 0.3 is 0 Å². The van der Waals surface area contributed by atoms with Crippen molar-refractivity contribution in [3.05, 3.63) is 23.1 Å². The second-order valence-corrected chi connectivity index (χ2v) is 2.34. The van der Waals surface area contributed by atoms with Gasteiger partial charge in [0.25, 0.3) is 5.91 Å². The van der Waals surface area contributed by atoms with Crippen molar-refractivity contribution in [2.24, 2.45) is 0 Å². The Balaban J connectivity index is 2.69. The summed E-state index contributed by atoms with van der Waals surface area (Å²) in [6.07, 6.45) is 0. The number of furan rings is 1. The van der Waals surface area contributed by atoms with Gasteiger partial charge < -0.3 is 9.73 Å². The maximum Gasteiger partial charge on any atom is 0.287 e. The Morgan fingerprint density at radius 2 is 2.45 bits per heavy atom. The van der Waals surface area contributed by atoms with Crippen molar-refractivity contribution in [3.63, 3.8) is 0 Å². The standard InChI is InChI=1S/C7H8ClNO2/c1-2-9-7(10)5-3-4-6(8)11-5/h3-4H,2H2,1H3,(H,9,10). The predicted molar refractivity (Wildman–Crippen MR) is 41.7 cm³/mol.